The van der Waals surface area contributed by atoms with E-state index in [0.717, 1.165) is 60.6 Å². The molecule has 2 aliphatic heterocycles. The fourth-order valence-electron chi connectivity index (χ4n) is 3.95. The predicted molar refractivity (Wildman–Crippen MR) is 117 cm³/mol. The first kappa shape index (κ1) is 19.4. The Bertz CT molecular complexity index is 1090. The summed E-state index contributed by atoms with van der Waals surface area (Å²) in [5.74, 6) is 2.91. The van der Waals surface area contributed by atoms with Gasteiger partial charge in [0.2, 0.25) is 12.7 Å². The van der Waals surface area contributed by atoms with Gasteiger partial charge < -0.3 is 14.8 Å². The number of aromatic nitrogens is 3. The highest BCUT2D eigenvalue weighted by Gasteiger charge is 2.26. The van der Waals surface area contributed by atoms with Crippen molar-refractivity contribution in [2.75, 3.05) is 17.0 Å². The van der Waals surface area contributed by atoms with Gasteiger partial charge in [-0.3, -0.25) is 9.47 Å². The molecule has 3 heterocycles. The number of nitrogens with zero attached hydrogens (tertiary/aromatic N) is 4. The van der Waals surface area contributed by atoms with Gasteiger partial charge in [0.05, 0.1) is 6.54 Å². The van der Waals surface area contributed by atoms with Gasteiger partial charge in [-0.15, -0.1) is 10.2 Å². The maximum atomic E-state index is 13.4. The second kappa shape index (κ2) is 8.29. The molecular formula is C23H25N5O3. The molecule has 8 nitrogen and oxygen atoms in total. The highest BCUT2D eigenvalue weighted by molar-refractivity contribution is 6.00. The molecule has 0 radical (unpaired) electrons. The molecule has 0 fully saturated rings. The first-order valence-corrected chi connectivity index (χ1v) is 10.6. The molecule has 2 aliphatic rings. The van der Waals surface area contributed by atoms with Crippen LogP contribution in [0.2, 0.25) is 0 Å². The van der Waals surface area contributed by atoms with Gasteiger partial charge in [0.1, 0.15) is 5.82 Å². The molecule has 1 aromatic heterocycles. The van der Waals surface area contributed by atoms with Crippen LogP contribution >= 0.6 is 0 Å². The molecule has 5 rings (SSSR count). The molecule has 1 N–H and O–H groups in total. The molecule has 160 valence electrons. The van der Waals surface area contributed by atoms with Gasteiger partial charge >= 0.3 is 6.03 Å². The van der Waals surface area contributed by atoms with Crippen molar-refractivity contribution < 1.29 is 14.3 Å². The number of benzene rings is 2. The van der Waals surface area contributed by atoms with Crippen LogP contribution in [0.15, 0.2) is 42.5 Å². The summed E-state index contributed by atoms with van der Waals surface area (Å²) in [6.45, 7) is 3.39. The van der Waals surface area contributed by atoms with Crippen molar-refractivity contribution >= 4 is 17.7 Å². The maximum absolute atomic E-state index is 13.4. The van der Waals surface area contributed by atoms with Crippen molar-refractivity contribution in [2.45, 2.75) is 45.7 Å². The molecule has 2 aromatic carbocycles. The van der Waals surface area contributed by atoms with Crippen LogP contribution < -0.4 is 19.7 Å². The number of anilines is 2. The number of ether oxygens (including phenoxy) is 2. The first-order chi connectivity index (χ1) is 15.2. The van der Waals surface area contributed by atoms with Crippen LogP contribution in [-0.4, -0.2) is 27.6 Å². The molecular weight excluding hydrogens is 394 g/mol. The van der Waals surface area contributed by atoms with Gasteiger partial charge in [-0.2, -0.15) is 0 Å². The second-order valence-electron chi connectivity index (χ2n) is 7.95. The number of carbonyl (C=O) groups is 1. The molecule has 0 unspecified atom stereocenters. The summed E-state index contributed by atoms with van der Waals surface area (Å²) in [5.41, 5.74) is 2.80. The molecule has 0 spiro atoms. The topological polar surface area (TPSA) is 81.5 Å². The Morgan fingerprint density at radius 3 is 2.77 bits per heavy atom. The van der Waals surface area contributed by atoms with Crippen LogP contribution in [-0.2, 0) is 19.5 Å². The molecule has 0 saturated carbocycles. The summed E-state index contributed by atoms with van der Waals surface area (Å²) in [5, 5.41) is 11.8. The lowest BCUT2D eigenvalue weighted by molar-refractivity contribution is 0.174. The lowest BCUT2D eigenvalue weighted by atomic mass is 10.2. The molecule has 8 heteroatoms. The lowest BCUT2D eigenvalue weighted by Crippen LogP contribution is -2.36. The summed E-state index contributed by atoms with van der Waals surface area (Å²) in [4.78, 5) is 15.0. The van der Waals surface area contributed by atoms with Crippen molar-refractivity contribution in [2.24, 2.45) is 0 Å². The van der Waals surface area contributed by atoms with E-state index in [4.69, 9.17) is 9.47 Å². The summed E-state index contributed by atoms with van der Waals surface area (Å²) < 4.78 is 13.0. The van der Waals surface area contributed by atoms with E-state index >= 15 is 0 Å². The van der Waals surface area contributed by atoms with Crippen LogP contribution in [0.25, 0.3) is 0 Å². The largest absolute Gasteiger partial charge is 0.454 e. The summed E-state index contributed by atoms with van der Waals surface area (Å²) >= 11 is 0. The van der Waals surface area contributed by atoms with Gasteiger partial charge in [-0.05, 0) is 49.6 Å². The SMILES string of the molecule is Cc1ccc(NC(=O)N(Cc2ccc3c(c2)OCO3)c2nnc3n2CCCCC3)cc1. The number of aryl methyl sites for hydroxylation is 2. The van der Waals surface area contributed by atoms with E-state index in [1.54, 1.807) is 4.90 Å². The van der Waals surface area contributed by atoms with Crippen LogP contribution in [0.4, 0.5) is 16.4 Å². The number of nitrogens with one attached hydrogen (secondary N) is 1. The number of rotatable bonds is 4. The predicted octanol–water partition coefficient (Wildman–Crippen LogP) is 4.28. The zero-order chi connectivity index (χ0) is 21.2. The van der Waals surface area contributed by atoms with E-state index in [0.29, 0.717) is 18.2 Å². The minimum absolute atomic E-state index is 0.216. The molecule has 0 saturated heterocycles. The normalized spacial score (nSPS) is 14.6. The lowest BCUT2D eigenvalue weighted by Gasteiger charge is -2.23. The van der Waals surface area contributed by atoms with Crippen molar-refractivity contribution in [3.8, 4) is 11.5 Å². The van der Waals surface area contributed by atoms with E-state index in [-0.39, 0.29) is 12.8 Å². The number of hydrogen-bond acceptors (Lipinski definition) is 5. The smallest absolute Gasteiger partial charge is 0.329 e. The summed E-state index contributed by atoms with van der Waals surface area (Å²) in [7, 11) is 0. The third-order valence-electron chi connectivity index (χ3n) is 5.66. The number of fused-ring (bicyclic) bond motifs is 2. The standard InChI is InChI=1S/C23H25N5O3/c1-16-6-9-18(10-7-16)24-23(29)28(14-17-8-11-19-20(13-17)31-15-30-19)22-26-25-21-5-3-2-4-12-27(21)22/h6-11,13H,2-5,12,14-15H2,1H3,(H,24,29). The number of hydrogen-bond donors (Lipinski definition) is 1. The van der Waals surface area contributed by atoms with E-state index < -0.39 is 0 Å². The van der Waals surface area contributed by atoms with Gasteiger partial charge in [-0.25, -0.2) is 4.79 Å². The number of urea groups is 1. The monoisotopic (exact) mass is 419 g/mol. The van der Waals surface area contributed by atoms with Crippen molar-refractivity contribution in [1.29, 1.82) is 0 Å². The zero-order valence-electron chi connectivity index (χ0n) is 17.5. The average Bonchev–Trinajstić information content (AvgIpc) is 3.33. The van der Waals surface area contributed by atoms with Gasteiger partial charge in [-0.1, -0.05) is 30.2 Å². The molecule has 0 atom stereocenters. The Hall–Kier alpha value is -3.55. The fraction of sp³-hybridized carbons (Fsp3) is 0.348. The Balaban J connectivity index is 1.47. The van der Waals surface area contributed by atoms with Crippen molar-refractivity contribution in [1.82, 2.24) is 14.8 Å². The Morgan fingerprint density at radius 2 is 1.90 bits per heavy atom. The Morgan fingerprint density at radius 1 is 1.06 bits per heavy atom. The van der Waals surface area contributed by atoms with E-state index in [2.05, 4.69) is 20.1 Å². The third kappa shape index (κ3) is 4.05. The fourth-order valence-corrected chi connectivity index (χ4v) is 3.95. The number of amides is 2. The Labute approximate surface area is 180 Å². The third-order valence-corrected chi connectivity index (χ3v) is 5.66. The zero-order valence-corrected chi connectivity index (χ0v) is 17.5. The van der Waals surface area contributed by atoms with E-state index in [1.807, 2.05) is 49.4 Å². The highest BCUT2D eigenvalue weighted by atomic mass is 16.7. The number of carbonyl (C=O) groups excluding carboxylic acids is 1. The van der Waals surface area contributed by atoms with Crippen molar-refractivity contribution in [3.63, 3.8) is 0 Å². The second-order valence-corrected chi connectivity index (χ2v) is 7.95. The van der Waals surface area contributed by atoms with Crippen LogP contribution in [0.1, 0.15) is 36.2 Å². The molecule has 3 aromatic rings. The van der Waals surface area contributed by atoms with E-state index in [1.165, 1.54) is 0 Å². The molecule has 31 heavy (non-hydrogen) atoms. The Kier molecular flexibility index (Phi) is 5.19. The van der Waals surface area contributed by atoms with Gasteiger partial charge in [0.25, 0.3) is 0 Å². The van der Waals surface area contributed by atoms with Gasteiger partial charge in [0.15, 0.2) is 11.5 Å². The highest BCUT2D eigenvalue weighted by Crippen LogP contribution is 2.33. The minimum Gasteiger partial charge on any atom is -0.454 e. The molecule has 2 amide bonds. The van der Waals surface area contributed by atoms with E-state index in [9.17, 15) is 4.79 Å². The maximum Gasteiger partial charge on any atom is 0.329 e. The van der Waals surface area contributed by atoms with Crippen LogP contribution in [0.3, 0.4) is 0 Å². The average molecular weight is 419 g/mol. The molecule has 0 aliphatic carbocycles. The van der Waals surface area contributed by atoms with Crippen molar-refractivity contribution in [3.05, 3.63) is 59.4 Å². The molecule has 0 bridgehead atoms. The minimum atomic E-state index is -0.249. The first-order valence-electron chi connectivity index (χ1n) is 10.6. The summed E-state index contributed by atoms with van der Waals surface area (Å²) in [6.07, 6.45) is 4.18. The summed E-state index contributed by atoms with van der Waals surface area (Å²) in [6, 6.07) is 13.2. The van der Waals surface area contributed by atoms with Crippen LogP contribution in [0, 0.1) is 6.92 Å². The van der Waals surface area contributed by atoms with Gasteiger partial charge in [0, 0.05) is 18.7 Å². The van der Waals surface area contributed by atoms with Crippen LogP contribution in [0.5, 0.6) is 11.5 Å². The quantitative estimate of drug-likeness (QED) is 0.683.